The molecular weight excluding hydrogens is 109 g/mol. The van der Waals surface area contributed by atoms with Gasteiger partial charge >= 0.3 is 0 Å². The summed E-state index contributed by atoms with van der Waals surface area (Å²) in [7, 11) is 0. The number of nitrogens with one attached hydrogen (secondary N) is 1. The number of rotatable bonds is 0. The molecule has 44 valence electrons. The molecule has 0 unspecified atom stereocenters. The molecule has 0 saturated heterocycles. The number of aromatic amines is 1. The molecular formula is C8H7N. The van der Waals surface area contributed by atoms with Crippen LogP contribution in [0.5, 0.6) is 0 Å². The van der Waals surface area contributed by atoms with Gasteiger partial charge in [-0.15, -0.1) is 0 Å². The molecule has 1 aromatic carbocycles. The van der Waals surface area contributed by atoms with Crippen LogP contribution >= 0.6 is 0 Å². The molecule has 0 aliphatic carbocycles. The normalized spacial score (nSPS) is 10.2. The number of H-pyrrole nitrogens is 1. The minimum absolute atomic E-state index is 1.21. The van der Waals surface area contributed by atoms with Gasteiger partial charge in [-0.25, -0.2) is 0 Å². The second-order valence-corrected chi connectivity index (χ2v) is 2.06. The Morgan fingerprint density at radius 2 is 1.89 bits per heavy atom. The zero-order chi connectivity index (χ0) is 6.10. The third-order valence-electron chi connectivity index (χ3n) is 1.46. The lowest BCUT2D eigenvalue weighted by Crippen LogP contribution is -1.61. The van der Waals surface area contributed by atoms with Crippen LogP contribution < -0.4 is 0 Å². The predicted molar refractivity (Wildman–Crippen MR) is 38.3 cm³/mol. The highest BCUT2D eigenvalue weighted by Gasteiger charge is 1.86. The smallest absolute Gasteiger partial charge is 0.0453 e. The topological polar surface area (TPSA) is 15.8 Å². The number of aromatic nitrogens is 1. The maximum atomic E-state index is 3.12. The van der Waals surface area contributed by atoms with Crippen molar-refractivity contribution >= 4 is 10.9 Å². The van der Waals surface area contributed by atoms with Gasteiger partial charge < -0.3 is 4.98 Å². The van der Waals surface area contributed by atoms with Crippen molar-refractivity contribution in [3.05, 3.63) is 36.5 Å². The third-order valence-corrected chi connectivity index (χ3v) is 1.46. The van der Waals surface area contributed by atoms with E-state index in [4.69, 9.17) is 0 Å². The summed E-state index contributed by atoms with van der Waals surface area (Å²) >= 11 is 0. The summed E-state index contributed by atoms with van der Waals surface area (Å²) in [6, 6.07) is 10.3. The molecule has 0 fully saturated rings. The Balaban J connectivity index is 2.95. The minimum Gasteiger partial charge on any atom is -0.361 e. The Morgan fingerprint density at radius 3 is 2.78 bits per heavy atom. The van der Waals surface area contributed by atoms with Crippen molar-refractivity contribution < 1.29 is 0 Å². The van der Waals surface area contributed by atoms with Crippen LogP contribution in [-0.4, -0.2) is 4.98 Å². The summed E-state index contributed by atoms with van der Waals surface area (Å²) in [5.74, 6) is 0. The van der Waals surface area contributed by atoms with Crippen LogP contribution in [-0.2, 0) is 0 Å². The van der Waals surface area contributed by atoms with Crippen molar-refractivity contribution in [3.63, 3.8) is 0 Å². The average molecular weight is 116 g/mol. The maximum Gasteiger partial charge on any atom is 0.0453 e. The van der Waals surface area contributed by atoms with Crippen molar-refractivity contribution in [2.75, 3.05) is 0 Å². The van der Waals surface area contributed by atoms with Gasteiger partial charge in [0.05, 0.1) is 0 Å². The monoisotopic (exact) mass is 116 g/mol. The second kappa shape index (κ2) is 1.62. The Kier molecular flexibility index (Phi) is 0.833. The quantitative estimate of drug-likeness (QED) is 0.543. The number of hydrogen-bond acceptors (Lipinski definition) is 0. The molecule has 9 heavy (non-hydrogen) atoms. The highest BCUT2D eigenvalue weighted by atomic mass is 14.6. The van der Waals surface area contributed by atoms with Gasteiger partial charge in [0.15, 0.2) is 0 Å². The van der Waals surface area contributed by atoms with Gasteiger partial charge in [-0.3, -0.25) is 0 Å². The van der Waals surface area contributed by atoms with Crippen LogP contribution in [0.4, 0.5) is 0 Å². The standard InChI is InChI=1S/C8H7N/c1-2-4-8-7(3-1)5-6-9-8/h1-6,9H/i6-1. The number of para-hydroxylation sites is 1. The third kappa shape index (κ3) is 0.617. The van der Waals surface area contributed by atoms with E-state index in [-0.39, 0.29) is 0 Å². The maximum absolute atomic E-state index is 3.12. The molecule has 1 heterocycles. The lowest BCUT2D eigenvalue weighted by Gasteiger charge is -1.83. The molecule has 0 radical (unpaired) electrons. The summed E-state index contributed by atoms with van der Waals surface area (Å²) in [4.78, 5) is 3.12. The van der Waals surface area contributed by atoms with Gasteiger partial charge in [0, 0.05) is 11.7 Å². The fraction of sp³-hybridized carbons (Fsp3) is 0. The molecule has 0 saturated carbocycles. The van der Waals surface area contributed by atoms with E-state index in [1.54, 1.807) is 0 Å². The second-order valence-electron chi connectivity index (χ2n) is 2.06. The minimum atomic E-state index is 1.21. The molecule has 1 N–H and O–H groups in total. The first-order valence-corrected chi connectivity index (χ1v) is 2.99. The van der Waals surface area contributed by atoms with Crippen molar-refractivity contribution in [3.8, 4) is 0 Å². The molecule has 0 aliphatic rings. The van der Waals surface area contributed by atoms with E-state index in [0.29, 0.717) is 0 Å². The van der Waals surface area contributed by atoms with Gasteiger partial charge in [-0.1, -0.05) is 18.2 Å². The van der Waals surface area contributed by atoms with Gasteiger partial charge in [-0.2, -0.15) is 0 Å². The van der Waals surface area contributed by atoms with Crippen LogP contribution in [0.3, 0.4) is 0 Å². The molecule has 0 aliphatic heterocycles. The largest absolute Gasteiger partial charge is 0.361 e. The molecule has 0 spiro atoms. The molecule has 0 bridgehead atoms. The van der Waals surface area contributed by atoms with Crippen molar-refractivity contribution in [1.82, 2.24) is 4.98 Å². The van der Waals surface area contributed by atoms with Crippen LogP contribution in [0.1, 0.15) is 0 Å². The molecule has 0 amide bonds. The Hall–Kier alpha value is -1.24. The van der Waals surface area contributed by atoms with Gasteiger partial charge in [-0.05, 0) is 17.5 Å². The Bertz CT molecular complexity index is 279. The fourth-order valence-electron chi connectivity index (χ4n) is 0.995. The fourth-order valence-corrected chi connectivity index (χ4v) is 0.995. The highest BCUT2D eigenvalue weighted by molar-refractivity contribution is 5.78. The average Bonchev–Trinajstić information content (AvgIpc) is 2.33. The van der Waals surface area contributed by atoms with Crippen LogP contribution in [0.2, 0.25) is 0 Å². The van der Waals surface area contributed by atoms with Gasteiger partial charge in [0.1, 0.15) is 0 Å². The van der Waals surface area contributed by atoms with Gasteiger partial charge in [0.25, 0.3) is 0 Å². The van der Waals surface area contributed by atoms with E-state index in [0.717, 1.165) is 0 Å². The molecule has 2 aromatic rings. The Labute approximate surface area is 53.3 Å². The summed E-state index contributed by atoms with van der Waals surface area (Å²) in [5.41, 5.74) is 1.21. The summed E-state index contributed by atoms with van der Waals surface area (Å²) in [6.45, 7) is 0. The summed E-state index contributed by atoms with van der Waals surface area (Å²) < 4.78 is 0. The highest BCUT2D eigenvalue weighted by Crippen LogP contribution is 2.09. The summed E-state index contributed by atoms with van der Waals surface area (Å²) in [6.07, 6.45) is 1.95. The van der Waals surface area contributed by atoms with E-state index in [1.165, 1.54) is 10.9 Å². The number of fused-ring (bicyclic) bond motifs is 1. The van der Waals surface area contributed by atoms with Crippen molar-refractivity contribution in [2.24, 2.45) is 0 Å². The van der Waals surface area contributed by atoms with Crippen molar-refractivity contribution in [2.45, 2.75) is 0 Å². The number of hydrogen-bond donors (Lipinski definition) is 1. The van der Waals surface area contributed by atoms with E-state index in [9.17, 15) is 0 Å². The molecule has 1 nitrogen and oxygen atoms in total. The van der Waals surface area contributed by atoms with Gasteiger partial charge in [0.2, 0.25) is 0 Å². The van der Waals surface area contributed by atoms with Crippen LogP contribution in [0.25, 0.3) is 10.9 Å². The molecule has 2 rings (SSSR count). The van der Waals surface area contributed by atoms with E-state index < -0.39 is 0 Å². The van der Waals surface area contributed by atoms with E-state index in [1.807, 2.05) is 18.3 Å². The molecule has 0 atom stereocenters. The molecule has 1 aromatic heterocycles. The first kappa shape index (κ1) is 4.62. The lowest BCUT2D eigenvalue weighted by atomic mass is 10.2. The lowest BCUT2D eigenvalue weighted by molar-refractivity contribution is 1.48. The van der Waals surface area contributed by atoms with Crippen LogP contribution in [0, 0.1) is 0 Å². The SMILES string of the molecule is c1ccc2[nH][11cH]cc2c1. The number of benzene rings is 1. The predicted octanol–water partition coefficient (Wildman–Crippen LogP) is 2.17. The van der Waals surface area contributed by atoms with Crippen molar-refractivity contribution in [1.29, 1.82) is 0 Å². The first-order valence-electron chi connectivity index (χ1n) is 2.99. The zero-order valence-electron chi connectivity index (χ0n) is 4.96. The molecule has 1 heteroatoms. The van der Waals surface area contributed by atoms with E-state index in [2.05, 4.69) is 23.2 Å². The summed E-state index contributed by atoms with van der Waals surface area (Å²) in [5, 5.41) is 1.28. The van der Waals surface area contributed by atoms with E-state index >= 15 is 0 Å². The van der Waals surface area contributed by atoms with Crippen LogP contribution in [0.15, 0.2) is 36.5 Å². The zero-order valence-corrected chi connectivity index (χ0v) is 4.96. The first-order chi connectivity index (χ1) is 4.47. The Morgan fingerprint density at radius 1 is 1.00 bits per heavy atom.